The number of nitrogens with one attached hydrogen (secondary N) is 1. The van der Waals surface area contributed by atoms with Crippen LogP contribution < -0.4 is 5.32 Å². The molecule has 0 spiro atoms. The van der Waals surface area contributed by atoms with Crippen molar-refractivity contribution >= 4 is 5.82 Å². The van der Waals surface area contributed by atoms with Crippen molar-refractivity contribution in [1.29, 1.82) is 0 Å². The van der Waals surface area contributed by atoms with Gasteiger partial charge in [0.25, 0.3) is 0 Å². The standard InChI is InChI=1S/C18H19N5O2/c1-24-17(25-2)12-21-16-10-15(13-5-8-19-9-6-13)22-18(23-16)14-4-3-7-20-11-14/h3-11,17H,12H2,1-2H3,(H,21,22,23). The molecule has 0 unspecified atom stereocenters. The van der Waals surface area contributed by atoms with E-state index in [2.05, 4.69) is 25.3 Å². The summed E-state index contributed by atoms with van der Waals surface area (Å²) < 4.78 is 10.4. The number of pyridine rings is 2. The monoisotopic (exact) mass is 337 g/mol. The summed E-state index contributed by atoms with van der Waals surface area (Å²) in [5, 5.41) is 3.23. The summed E-state index contributed by atoms with van der Waals surface area (Å²) in [6, 6.07) is 9.49. The summed E-state index contributed by atoms with van der Waals surface area (Å²) in [6.45, 7) is 0.465. The molecule has 0 radical (unpaired) electrons. The van der Waals surface area contributed by atoms with Gasteiger partial charge >= 0.3 is 0 Å². The van der Waals surface area contributed by atoms with Gasteiger partial charge in [0, 0.05) is 56.2 Å². The van der Waals surface area contributed by atoms with Gasteiger partial charge in [0.05, 0.1) is 12.2 Å². The number of hydrogen-bond acceptors (Lipinski definition) is 7. The lowest BCUT2D eigenvalue weighted by Crippen LogP contribution is -2.24. The van der Waals surface area contributed by atoms with Crippen LogP contribution >= 0.6 is 0 Å². The largest absolute Gasteiger partial charge is 0.365 e. The van der Waals surface area contributed by atoms with E-state index in [1.54, 1.807) is 39.0 Å². The van der Waals surface area contributed by atoms with Crippen LogP contribution in [0, 0.1) is 0 Å². The van der Waals surface area contributed by atoms with E-state index in [0.717, 1.165) is 16.8 Å². The van der Waals surface area contributed by atoms with Crippen molar-refractivity contribution in [2.24, 2.45) is 0 Å². The highest BCUT2D eigenvalue weighted by Crippen LogP contribution is 2.23. The molecular weight excluding hydrogens is 318 g/mol. The van der Waals surface area contributed by atoms with Gasteiger partial charge in [-0.15, -0.1) is 0 Å². The lowest BCUT2D eigenvalue weighted by molar-refractivity contribution is -0.0914. The Labute approximate surface area is 146 Å². The minimum atomic E-state index is -0.360. The molecule has 0 bridgehead atoms. The SMILES string of the molecule is COC(CNc1cc(-c2ccncc2)nc(-c2cccnc2)n1)OC. The molecule has 0 aliphatic carbocycles. The summed E-state index contributed by atoms with van der Waals surface area (Å²) in [7, 11) is 3.19. The van der Waals surface area contributed by atoms with Gasteiger partial charge in [-0.3, -0.25) is 9.97 Å². The fourth-order valence-electron chi connectivity index (χ4n) is 2.28. The number of methoxy groups -OCH3 is 2. The van der Waals surface area contributed by atoms with Crippen LogP contribution in [0.5, 0.6) is 0 Å². The van der Waals surface area contributed by atoms with Crippen molar-refractivity contribution in [2.75, 3.05) is 26.1 Å². The van der Waals surface area contributed by atoms with Crippen LogP contribution in [-0.2, 0) is 9.47 Å². The van der Waals surface area contributed by atoms with Crippen molar-refractivity contribution in [1.82, 2.24) is 19.9 Å². The van der Waals surface area contributed by atoms with Gasteiger partial charge in [-0.05, 0) is 24.3 Å². The predicted molar refractivity (Wildman–Crippen MR) is 94.8 cm³/mol. The smallest absolute Gasteiger partial charge is 0.173 e. The zero-order valence-electron chi connectivity index (χ0n) is 14.1. The fraction of sp³-hybridized carbons (Fsp3) is 0.222. The normalized spacial score (nSPS) is 10.8. The van der Waals surface area contributed by atoms with Crippen LogP contribution in [0.1, 0.15) is 0 Å². The zero-order chi connectivity index (χ0) is 17.5. The molecule has 0 aliphatic rings. The summed E-state index contributed by atoms with van der Waals surface area (Å²) in [5.41, 5.74) is 2.60. The number of nitrogens with zero attached hydrogens (tertiary/aromatic N) is 4. The van der Waals surface area contributed by atoms with Gasteiger partial charge in [-0.25, -0.2) is 9.97 Å². The summed E-state index contributed by atoms with van der Waals surface area (Å²) in [4.78, 5) is 17.4. The number of hydrogen-bond donors (Lipinski definition) is 1. The van der Waals surface area contributed by atoms with Crippen molar-refractivity contribution in [2.45, 2.75) is 6.29 Å². The quantitative estimate of drug-likeness (QED) is 0.664. The first-order chi connectivity index (χ1) is 12.3. The van der Waals surface area contributed by atoms with Crippen LogP contribution in [0.15, 0.2) is 55.1 Å². The van der Waals surface area contributed by atoms with Gasteiger partial charge in [-0.2, -0.15) is 0 Å². The molecule has 0 fully saturated rings. The Bertz CT molecular complexity index is 737. The van der Waals surface area contributed by atoms with E-state index < -0.39 is 0 Å². The van der Waals surface area contributed by atoms with E-state index in [0.29, 0.717) is 18.2 Å². The number of rotatable bonds is 7. The third-order valence-electron chi connectivity index (χ3n) is 3.60. The van der Waals surface area contributed by atoms with E-state index >= 15 is 0 Å². The first-order valence-corrected chi connectivity index (χ1v) is 7.79. The summed E-state index contributed by atoms with van der Waals surface area (Å²) in [5.74, 6) is 1.27. The van der Waals surface area contributed by atoms with E-state index in [1.165, 1.54) is 0 Å². The van der Waals surface area contributed by atoms with Crippen molar-refractivity contribution < 1.29 is 9.47 Å². The van der Waals surface area contributed by atoms with Crippen molar-refractivity contribution in [3.05, 3.63) is 55.1 Å². The average Bonchev–Trinajstić information content (AvgIpc) is 2.70. The van der Waals surface area contributed by atoms with Crippen LogP contribution in [0.4, 0.5) is 5.82 Å². The first-order valence-electron chi connectivity index (χ1n) is 7.79. The second kappa shape index (κ2) is 8.27. The van der Waals surface area contributed by atoms with E-state index in [1.807, 2.05) is 30.3 Å². The average molecular weight is 337 g/mol. The Morgan fingerprint density at radius 2 is 1.76 bits per heavy atom. The summed E-state index contributed by atoms with van der Waals surface area (Å²) >= 11 is 0. The Balaban J connectivity index is 1.97. The van der Waals surface area contributed by atoms with Crippen LogP contribution in [0.25, 0.3) is 22.6 Å². The molecule has 3 rings (SSSR count). The molecule has 0 amide bonds. The van der Waals surface area contributed by atoms with E-state index in [4.69, 9.17) is 9.47 Å². The fourth-order valence-corrected chi connectivity index (χ4v) is 2.28. The second-order valence-electron chi connectivity index (χ2n) is 5.22. The van der Waals surface area contributed by atoms with Crippen molar-refractivity contribution in [3.8, 4) is 22.6 Å². The molecular formula is C18H19N5O2. The third kappa shape index (κ3) is 4.34. The van der Waals surface area contributed by atoms with Gasteiger partial charge in [0.15, 0.2) is 12.1 Å². The van der Waals surface area contributed by atoms with E-state index in [-0.39, 0.29) is 6.29 Å². The Morgan fingerprint density at radius 3 is 2.44 bits per heavy atom. The highest BCUT2D eigenvalue weighted by Gasteiger charge is 2.11. The molecule has 128 valence electrons. The molecule has 0 aromatic carbocycles. The highest BCUT2D eigenvalue weighted by atomic mass is 16.7. The lowest BCUT2D eigenvalue weighted by Gasteiger charge is -2.15. The Hall–Kier alpha value is -2.90. The van der Waals surface area contributed by atoms with Crippen LogP contribution in [-0.4, -0.2) is 47.0 Å². The molecule has 1 N–H and O–H groups in total. The molecule has 7 nitrogen and oxygen atoms in total. The first kappa shape index (κ1) is 16.9. The third-order valence-corrected chi connectivity index (χ3v) is 3.60. The maximum atomic E-state index is 5.20. The van der Waals surface area contributed by atoms with E-state index in [9.17, 15) is 0 Å². The topological polar surface area (TPSA) is 82.0 Å². The molecule has 3 heterocycles. The molecule has 25 heavy (non-hydrogen) atoms. The predicted octanol–water partition coefficient (Wildman–Crippen LogP) is 2.63. The highest BCUT2D eigenvalue weighted by molar-refractivity contribution is 5.66. The lowest BCUT2D eigenvalue weighted by atomic mass is 10.1. The minimum absolute atomic E-state index is 0.360. The van der Waals surface area contributed by atoms with Gasteiger partial charge in [-0.1, -0.05) is 0 Å². The summed E-state index contributed by atoms with van der Waals surface area (Å²) in [6.07, 6.45) is 6.57. The van der Waals surface area contributed by atoms with Gasteiger partial charge < -0.3 is 14.8 Å². The van der Waals surface area contributed by atoms with Crippen LogP contribution in [0.2, 0.25) is 0 Å². The Kier molecular flexibility index (Phi) is 5.61. The molecule has 3 aromatic heterocycles. The molecule has 7 heteroatoms. The zero-order valence-corrected chi connectivity index (χ0v) is 14.1. The van der Waals surface area contributed by atoms with Crippen LogP contribution in [0.3, 0.4) is 0 Å². The molecule has 0 saturated heterocycles. The Morgan fingerprint density at radius 1 is 0.960 bits per heavy atom. The van der Waals surface area contributed by atoms with Gasteiger partial charge in [0.1, 0.15) is 5.82 Å². The number of anilines is 1. The molecule has 0 saturated carbocycles. The number of ether oxygens (including phenoxy) is 2. The number of aromatic nitrogens is 4. The molecule has 0 aliphatic heterocycles. The minimum Gasteiger partial charge on any atom is -0.365 e. The maximum Gasteiger partial charge on any atom is 0.173 e. The molecule has 0 atom stereocenters. The maximum absolute atomic E-state index is 5.20. The van der Waals surface area contributed by atoms with Crippen molar-refractivity contribution in [3.63, 3.8) is 0 Å². The molecule has 3 aromatic rings. The van der Waals surface area contributed by atoms with Gasteiger partial charge in [0.2, 0.25) is 0 Å². The second-order valence-corrected chi connectivity index (χ2v) is 5.22.